The lowest BCUT2D eigenvalue weighted by Crippen LogP contribution is -2.23. The zero-order valence-electron chi connectivity index (χ0n) is 13.8. The SMILES string of the molecule is COc1ccc(CNC(=O)c2cncc(NC3CC3)c2)cc1OC. The Balaban J connectivity index is 1.62. The van der Waals surface area contributed by atoms with E-state index in [1.807, 2.05) is 24.3 Å². The van der Waals surface area contributed by atoms with E-state index >= 15 is 0 Å². The number of nitrogens with zero attached hydrogens (tertiary/aromatic N) is 1. The summed E-state index contributed by atoms with van der Waals surface area (Å²) in [6.45, 7) is 0.402. The summed E-state index contributed by atoms with van der Waals surface area (Å²) in [5, 5.41) is 6.24. The fourth-order valence-electron chi connectivity index (χ4n) is 2.38. The van der Waals surface area contributed by atoms with Gasteiger partial charge in [-0.2, -0.15) is 0 Å². The van der Waals surface area contributed by atoms with E-state index in [1.165, 1.54) is 12.8 Å². The number of amides is 1. The van der Waals surface area contributed by atoms with Crippen LogP contribution in [0.4, 0.5) is 5.69 Å². The van der Waals surface area contributed by atoms with Crippen molar-refractivity contribution < 1.29 is 14.3 Å². The summed E-state index contributed by atoms with van der Waals surface area (Å²) in [4.78, 5) is 16.4. The Labute approximate surface area is 141 Å². The first kappa shape index (κ1) is 16.1. The molecule has 0 unspecified atom stereocenters. The van der Waals surface area contributed by atoms with Crippen LogP contribution in [0.2, 0.25) is 0 Å². The molecule has 0 aliphatic heterocycles. The van der Waals surface area contributed by atoms with Gasteiger partial charge in [0, 0.05) is 25.0 Å². The lowest BCUT2D eigenvalue weighted by molar-refractivity contribution is 0.0950. The van der Waals surface area contributed by atoms with Crippen LogP contribution < -0.4 is 20.1 Å². The second kappa shape index (κ2) is 7.21. The minimum absolute atomic E-state index is 0.156. The smallest absolute Gasteiger partial charge is 0.253 e. The molecule has 0 saturated heterocycles. The third-order valence-corrected chi connectivity index (χ3v) is 3.85. The molecule has 1 aliphatic carbocycles. The number of carbonyl (C=O) groups excluding carboxylic acids is 1. The topological polar surface area (TPSA) is 72.5 Å². The third-order valence-electron chi connectivity index (χ3n) is 3.85. The summed E-state index contributed by atoms with van der Waals surface area (Å²) in [6.07, 6.45) is 5.66. The molecular weight excluding hydrogens is 306 g/mol. The standard InChI is InChI=1S/C18H21N3O3/c1-23-16-6-3-12(7-17(16)24-2)9-20-18(22)13-8-15(11-19-10-13)21-14-4-5-14/h3,6-8,10-11,14,21H,4-5,9H2,1-2H3,(H,20,22). The fraction of sp³-hybridized carbons (Fsp3) is 0.333. The molecule has 1 amide bonds. The largest absolute Gasteiger partial charge is 0.493 e. The van der Waals surface area contributed by atoms with Crippen LogP contribution in [-0.2, 0) is 6.54 Å². The molecule has 24 heavy (non-hydrogen) atoms. The highest BCUT2D eigenvalue weighted by atomic mass is 16.5. The molecule has 1 aromatic carbocycles. The minimum Gasteiger partial charge on any atom is -0.493 e. The van der Waals surface area contributed by atoms with Crippen LogP contribution in [0.1, 0.15) is 28.8 Å². The second-order valence-corrected chi connectivity index (χ2v) is 5.75. The highest BCUT2D eigenvalue weighted by Gasteiger charge is 2.21. The van der Waals surface area contributed by atoms with Gasteiger partial charge in [-0.05, 0) is 36.6 Å². The molecule has 1 heterocycles. The van der Waals surface area contributed by atoms with Gasteiger partial charge in [-0.1, -0.05) is 6.07 Å². The Morgan fingerprint density at radius 3 is 2.67 bits per heavy atom. The molecule has 2 aromatic rings. The van der Waals surface area contributed by atoms with Crippen molar-refractivity contribution in [1.29, 1.82) is 0 Å². The van der Waals surface area contributed by atoms with E-state index in [9.17, 15) is 4.79 Å². The van der Waals surface area contributed by atoms with Crippen molar-refractivity contribution in [3.8, 4) is 11.5 Å². The van der Waals surface area contributed by atoms with Crippen molar-refractivity contribution >= 4 is 11.6 Å². The molecule has 2 N–H and O–H groups in total. The van der Waals surface area contributed by atoms with Crippen LogP contribution in [0.3, 0.4) is 0 Å². The number of methoxy groups -OCH3 is 2. The van der Waals surface area contributed by atoms with Gasteiger partial charge in [0.05, 0.1) is 25.5 Å². The van der Waals surface area contributed by atoms with Crippen LogP contribution in [0.5, 0.6) is 11.5 Å². The Kier molecular flexibility index (Phi) is 4.84. The predicted molar refractivity (Wildman–Crippen MR) is 91.6 cm³/mol. The maximum absolute atomic E-state index is 12.3. The van der Waals surface area contributed by atoms with E-state index in [1.54, 1.807) is 26.6 Å². The Morgan fingerprint density at radius 1 is 1.17 bits per heavy atom. The van der Waals surface area contributed by atoms with Crippen LogP contribution in [0.25, 0.3) is 0 Å². The molecule has 1 saturated carbocycles. The molecule has 0 spiro atoms. The van der Waals surface area contributed by atoms with Crippen molar-refractivity contribution in [2.45, 2.75) is 25.4 Å². The Hall–Kier alpha value is -2.76. The molecular formula is C18H21N3O3. The number of anilines is 1. The van der Waals surface area contributed by atoms with Crippen LogP contribution in [-0.4, -0.2) is 31.2 Å². The van der Waals surface area contributed by atoms with Gasteiger partial charge in [0.2, 0.25) is 0 Å². The number of benzene rings is 1. The molecule has 0 radical (unpaired) electrons. The van der Waals surface area contributed by atoms with Gasteiger partial charge in [-0.3, -0.25) is 9.78 Å². The van der Waals surface area contributed by atoms with Crippen molar-refractivity contribution in [3.63, 3.8) is 0 Å². The number of pyridine rings is 1. The lowest BCUT2D eigenvalue weighted by atomic mass is 10.2. The summed E-state index contributed by atoms with van der Waals surface area (Å²) in [5.74, 6) is 1.15. The number of nitrogens with one attached hydrogen (secondary N) is 2. The number of carbonyl (C=O) groups is 1. The fourth-order valence-corrected chi connectivity index (χ4v) is 2.38. The molecule has 6 nitrogen and oxygen atoms in total. The first-order chi connectivity index (χ1) is 11.7. The van der Waals surface area contributed by atoms with E-state index in [2.05, 4.69) is 15.6 Å². The predicted octanol–water partition coefficient (Wildman–Crippen LogP) is 2.60. The van der Waals surface area contributed by atoms with Crippen molar-refractivity contribution in [3.05, 3.63) is 47.8 Å². The first-order valence-corrected chi connectivity index (χ1v) is 7.90. The normalized spacial score (nSPS) is 13.2. The van der Waals surface area contributed by atoms with Crippen molar-refractivity contribution in [1.82, 2.24) is 10.3 Å². The monoisotopic (exact) mass is 327 g/mol. The molecule has 1 fully saturated rings. The van der Waals surface area contributed by atoms with Crippen molar-refractivity contribution in [2.75, 3.05) is 19.5 Å². The van der Waals surface area contributed by atoms with E-state index < -0.39 is 0 Å². The van der Waals surface area contributed by atoms with Crippen LogP contribution >= 0.6 is 0 Å². The number of aromatic nitrogens is 1. The van der Waals surface area contributed by atoms with Crippen LogP contribution in [0.15, 0.2) is 36.7 Å². The Morgan fingerprint density at radius 2 is 1.96 bits per heavy atom. The maximum Gasteiger partial charge on any atom is 0.253 e. The molecule has 1 aromatic heterocycles. The second-order valence-electron chi connectivity index (χ2n) is 5.75. The van der Waals surface area contributed by atoms with Gasteiger partial charge in [0.25, 0.3) is 5.91 Å². The molecule has 0 atom stereocenters. The number of hydrogen-bond acceptors (Lipinski definition) is 5. The summed E-state index contributed by atoms with van der Waals surface area (Å²) >= 11 is 0. The zero-order chi connectivity index (χ0) is 16.9. The highest BCUT2D eigenvalue weighted by Crippen LogP contribution is 2.27. The molecule has 126 valence electrons. The van der Waals surface area contributed by atoms with Gasteiger partial charge in [-0.15, -0.1) is 0 Å². The quantitative estimate of drug-likeness (QED) is 0.818. The average Bonchev–Trinajstić information content (AvgIpc) is 3.43. The van der Waals surface area contributed by atoms with Gasteiger partial charge >= 0.3 is 0 Å². The molecule has 6 heteroatoms. The lowest BCUT2D eigenvalue weighted by Gasteiger charge is -2.11. The van der Waals surface area contributed by atoms with Gasteiger partial charge in [0.1, 0.15) is 0 Å². The summed E-state index contributed by atoms with van der Waals surface area (Å²) in [6, 6.07) is 7.92. The van der Waals surface area contributed by atoms with E-state index in [0.717, 1.165) is 11.3 Å². The minimum atomic E-state index is -0.156. The maximum atomic E-state index is 12.3. The van der Waals surface area contributed by atoms with Crippen molar-refractivity contribution in [2.24, 2.45) is 0 Å². The summed E-state index contributed by atoms with van der Waals surface area (Å²) < 4.78 is 10.5. The van der Waals surface area contributed by atoms with E-state index in [0.29, 0.717) is 29.6 Å². The van der Waals surface area contributed by atoms with Gasteiger partial charge in [0.15, 0.2) is 11.5 Å². The number of hydrogen-bond donors (Lipinski definition) is 2. The van der Waals surface area contributed by atoms with Crippen LogP contribution in [0, 0.1) is 0 Å². The van der Waals surface area contributed by atoms with E-state index in [4.69, 9.17) is 9.47 Å². The molecule has 1 aliphatic rings. The summed E-state index contributed by atoms with van der Waals surface area (Å²) in [5.41, 5.74) is 2.36. The number of rotatable bonds is 7. The Bertz CT molecular complexity index is 729. The molecule has 0 bridgehead atoms. The highest BCUT2D eigenvalue weighted by molar-refractivity contribution is 5.94. The molecule has 3 rings (SSSR count). The zero-order valence-corrected chi connectivity index (χ0v) is 13.8. The van der Waals surface area contributed by atoms with E-state index in [-0.39, 0.29) is 5.91 Å². The first-order valence-electron chi connectivity index (χ1n) is 7.90. The third kappa shape index (κ3) is 3.95. The number of ether oxygens (including phenoxy) is 2. The van der Waals surface area contributed by atoms with Gasteiger partial charge < -0.3 is 20.1 Å². The average molecular weight is 327 g/mol. The summed E-state index contributed by atoms with van der Waals surface area (Å²) in [7, 11) is 3.18. The van der Waals surface area contributed by atoms with Gasteiger partial charge in [-0.25, -0.2) is 0 Å².